The van der Waals surface area contributed by atoms with E-state index in [0.717, 1.165) is 6.42 Å². The Hall–Kier alpha value is -0.660. The molecule has 0 aromatic heterocycles. The first-order valence-electron chi connectivity index (χ1n) is 5.47. The van der Waals surface area contributed by atoms with Gasteiger partial charge in [0, 0.05) is 19.7 Å². The van der Waals surface area contributed by atoms with Gasteiger partial charge in [0.05, 0.1) is 0 Å². The van der Waals surface area contributed by atoms with E-state index in [1.54, 1.807) is 6.92 Å². The maximum Gasteiger partial charge on any atom is 0.130 e. The summed E-state index contributed by atoms with van der Waals surface area (Å²) >= 11 is 0. The van der Waals surface area contributed by atoms with E-state index in [1.807, 2.05) is 7.05 Å². The van der Waals surface area contributed by atoms with E-state index in [2.05, 4.69) is 18.1 Å². The predicted molar refractivity (Wildman–Crippen MR) is 59.8 cm³/mol. The van der Waals surface area contributed by atoms with Crippen molar-refractivity contribution in [3.63, 3.8) is 0 Å². The largest absolute Gasteiger partial charge is 0.301 e. The monoisotopic (exact) mass is 195 g/mol. The summed E-state index contributed by atoms with van der Waals surface area (Å²) in [5.74, 6) is 0.982. The molecule has 0 saturated heterocycles. The summed E-state index contributed by atoms with van der Waals surface area (Å²) in [4.78, 5) is 15.2. The fourth-order valence-corrected chi connectivity index (χ4v) is 2.47. The van der Waals surface area contributed by atoms with Crippen LogP contribution in [0.1, 0.15) is 46.0 Å². The van der Waals surface area contributed by atoms with Crippen LogP contribution in [0.25, 0.3) is 0 Å². The number of hydrogen-bond donors (Lipinski definition) is 0. The molecule has 0 aliphatic heterocycles. The van der Waals surface area contributed by atoms with Gasteiger partial charge in [-0.05, 0) is 43.9 Å². The summed E-state index contributed by atoms with van der Waals surface area (Å²) in [6.45, 7) is 3.94. The van der Waals surface area contributed by atoms with Crippen molar-refractivity contribution < 1.29 is 4.79 Å². The minimum Gasteiger partial charge on any atom is -0.301 e. The molecule has 1 fully saturated rings. The van der Waals surface area contributed by atoms with Crippen LogP contribution in [0.15, 0.2) is 4.99 Å². The van der Waals surface area contributed by atoms with Gasteiger partial charge in [-0.2, -0.15) is 0 Å². The van der Waals surface area contributed by atoms with Crippen LogP contribution in [0.5, 0.6) is 0 Å². The zero-order valence-electron chi connectivity index (χ0n) is 9.55. The average Bonchev–Trinajstić information content (AvgIpc) is 2.08. The zero-order chi connectivity index (χ0) is 10.6. The van der Waals surface area contributed by atoms with E-state index in [-0.39, 0.29) is 5.41 Å². The van der Waals surface area contributed by atoms with Crippen LogP contribution in [0.4, 0.5) is 0 Å². The number of nitrogens with zero attached hydrogens (tertiary/aromatic N) is 1. The van der Waals surface area contributed by atoms with Gasteiger partial charge in [0.25, 0.3) is 0 Å². The minimum atomic E-state index is 0.268. The van der Waals surface area contributed by atoms with Gasteiger partial charge in [0.15, 0.2) is 0 Å². The van der Waals surface area contributed by atoms with E-state index in [9.17, 15) is 4.79 Å². The van der Waals surface area contributed by atoms with Gasteiger partial charge in [0.1, 0.15) is 5.78 Å². The second kappa shape index (κ2) is 4.72. The predicted octanol–water partition coefficient (Wildman–Crippen LogP) is 2.86. The third kappa shape index (κ3) is 3.24. The molecule has 80 valence electrons. The highest BCUT2D eigenvalue weighted by Crippen LogP contribution is 2.40. The lowest BCUT2D eigenvalue weighted by atomic mass is 9.69. The van der Waals surface area contributed by atoms with E-state index >= 15 is 0 Å². The smallest absolute Gasteiger partial charge is 0.130 e. The molecule has 1 saturated carbocycles. The Balaban J connectivity index is 2.44. The molecule has 0 unspecified atom stereocenters. The standard InChI is InChI=1S/C12H21NO/c1-10(14)8-12(2)6-4-11(5-7-12)9-13-3/h9,11H,4-8H2,1-3H3. The van der Waals surface area contributed by atoms with E-state index in [4.69, 9.17) is 0 Å². The summed E-state index contributed by atoms with van der Waals surface area (Å²) in [7, 11) is 1.84. The molecule has 0 atom stereocenters. The number of carbonyl (C=O) groups is 1. The molecule has 0 bridgehead atoms. The Bertz CT molecular complexity index is 224. The van der Waals surface area contributed by atoms with Gasteiger partial charge in [-0.1, -0.05) is 6.92 Å². The summed E-state index contributed by atoms with van der Waals surface area (Å²) in [6.07, 6.45) is 7.55. The van der Waals surface area contributed by atoms with Crippen LogP contribution < -0.4 is 0 Å². The number of ketones is 1. The lowest BCUT2D eigenvalue weighted by Crippen LogP contribution is -2.27. The van der Waals surface area contributed by atoms with Crippen molar-refractivity contribution in [1.82, 2.24) is 0 Å². The first-order chi connectivity index (χ1) is 6.56. The quantitative estimate of drug-likeness (QED) is 0.637. The van der Waals surface area contributed by atoms with Crippen LogP contribution >= 0.6 is 0 Å². The highest BCUT2D eigenvalue weighted by Gasteiger charge is 2.31. The lowest BCUT2D eigenvalue weighted by Gasteiger charge is -2.35. The second-order valence-electron chi connectivity index (χ2n) is 4.93. The molecule has 0 N–H and O–H groups in total. The van der Waals surface area contributed by atoms with Crippen molar-refractivity contribution in [3.8, 4) is 0 Å². The van der Waals surface area contributed by atoms with Gasteiger partial charge in [-0.3, -0.25) is 0 Å². The first-order valence-corrected chi connectivity index (χ1v) is 5.47. The van der Waals surface area contributed by atoms with Crippen molar-refractivity contribution in [2.75, 3.05) is 7.05 Å². The molecule has 2 heteroatoms. The molecule has 1 aliphatic rings. The third-order valence-corrected chi connectivity index (χ3v) is 3.27. The Morgan fingerprint density at radius 1 is 1.50 bits per heavy atom. The molecular weight excluding hydrogens is 174 g/mol. The molecular formula is C12H21NO. The van der Waals surface area contributed by atoms with Crippen LogP contribution in [0.3, 0.4) is 0 Å². The summed E-state index contributed by atoms with van der Waals surface area (Å²) < 4.78 is 0. The van der Waals surface area contributed by atoms with Crippen molar-refractivity contribution >= 4 is 12.0 Å². The molecule has 2 nitrogen and oxygen atoms in total. The number of rotatable bonds is 3. The van der Waals surface area contributed by atoms with Crippen molar-refractivity contribution in [2.45, 2.75) is 46.0 Å². The topological polar surface area (TPSA) is 29.4 Å². The Morgan fingerprint density at radius 3 is 2.50 bits per heavy atom. The molecule has 0 heterocycles. The van der Waals surface area contributed by atoms with E-state index < -0.39 is 0 Å². The molecule has 0 amide bonds. The Labute approximate surface area is 86.8 Å². The van der Waals surface area contributed by atoms with Crippen molar-refractivity contribution in [1.29, 1.82) is 0 Å². The molecule has 14 heavy (non-hydrogen) atoms. The SMILES string of the molecule is CN=CC1CCC(C)(CC(C)=O)CC1. The number of aliphatic imine (C=N–C) groups is 1. The molecule has 0 aromatic rings. The fraction of sp³-hybridized carbons (Fsp3) is 0.833. The maximum atomic E-state index is 11.1. The highest BCUT2D eigenvalue weighted by atomic mass is 16.1. The number of carbonyl (C=O) groups excluding carboxylic acids is 1. The van der Waals surface area contributed by atoms with E-state index in [1.165, 1.54) is 25.7 Å². The zero-order valence-corrected chi connectivity index (χ0v) is 9.55. The Kier molecular flexibility index (Phi) is 3.85. The molecule has 1 rings (SSSR count). The van der Waals surface area contributed by atoms with Crippen molar-refractivity contribution in [2.24, 2.45) is 16.3 Å². The maximum absolute atomic E-state index is 11.1. The average molecular weight is 195 g/mol. The van der Waals surface area contributed by atoms with Crippen molar-refractivity contribution in [3.05, 3.63) is 0 Å². The summed E-state index contributed by atoms with van der Waals surface area (Å²) in [5, 5.41) is 0. The molecule has 0 aromatic carbocycles. The third-order valence-electron chi connectivity index (χ3n) is 3.27. The van der Waals surface area contributed by atoms with Crippen LogP contribution in [-0.4, -0.2) is 19.0 Å². The van der Waals surface area contributed by atoms with Gasteiger partial charge in [0.2, 0.25) is 0 Å². The molecule has 0 spiro atoms. The number of Topliss-reactive ketones (excluding diaryl/α,β-unsaturated/α-hetero) is 1. The normalized spacial score (nSPS) is 33.5. The number of hydrogen-bond acceptors (Lipinski definition) is 2. The van der Waals surface area contributed by atoms with Gasteiger partial charge >= 0.3 is 0 Å². The Morgan fingerprint density at radius 2 is 2.07 bits per heavy atom. The fourth-order valence-electron chi connectivity index (χ4n) is 2.47. The lowest BCUT2D eigenvalue weighted by molar-refractivity contribution is -0.119. The van der Waals surface area contributed by atoms with Crippen LogP contribution in [0.2, 0.25) is 0 Å². The molecule has 0 radical (unpaired) electrons. The van der Waals surface area contributed by atoms with Crippen LogP contribution in [0, 0.1) is 11.3 Å². The summed E-state index contributed by atoms with van der Waals surface area (Å²) in [5.41, 5.74) is 0.268. The van der Waals surface area contributed by atoms with Gasteiger partial charge in [-0.15, -0.1) is 0 Å². The second-order valence-corrected chi connectivity index (χ2v) is 4.93. The van der Waals surface area contributed by atoms with Crippen LogP contribution in [-0.2, 0) is 4.79 Å². The molecule has 1 aliphatic carbocycles. The minimum absolute atomic E-state index is 0.268. The van der Waals surface area contributed by atoms with Gasteiger partial charge < -0.3 is 9.79 Å². The first kappa shape index (κ1) is 11.4. The highest BCUT2D eigenvalue weighted by molar-refractivity contribution is 5.76. The summed E-state index contributed by atoms with van der Waals surface area (Å²) in [6, 6.07) is 0. The van der Waals surface area contributed by atoms with Gasteiger partial charge in [-0.25, -0.2) is 0 Å². The van der Waals surface area contributed by atoms with E-state index in [0.29, 0.717) is 11.7 Å².